The van der Waals surface area contributed by atoms with Crippen molar-refractivity contribution in [2.45, 2.75) is 47.2 Å². The molecule has 1 aromatic rings. The molecule has 0 radical (unpaired) electrons. The predicted octanol–water partition coefficient (Wildman–Crippen LogP) is 2.52. The highest BCUT2D eigenvalue weighted by Gasteiger charge is 2.18. The third-order valence-corrected chi connectivity index (χ3v) is 2.64. The topological polar surface area (TPSA) is 29.9 Å². The van der Waals surface area contributed by atoms with Crippen molar-refractivity contribution < 1.29 is 0 Å². The molecule has 0 aliphatic rings. The Labute approximate surface area is 92.9 Å². The van der Waals surface area contributed by atoms with Crippen molar-refractivity contribution >= 4 is 0 Å². The fraction of sp³-hybridized carbons (Fsp3) is 0.750. The van der Waals surface area contributed by atoms with Gasteiger partial charge in [-0.15, -0.1) is 0 Å². The first kappa shape index (κ1) is 12.2. The Bertz CT molecular complexity index is 302. The average Bonchev–Trinajstić information content (AvgIpc) is 2.55. The van der Waals surface area contributed by atoms with Gasteiger partial charge in [-0.3, -0.25) is 4.68 Å². The van der Waals surface area contributed by atoms with Gasteiger partial charge in [0.2, 0.25) is 0 Å². The molecular weight excluding hydrogens is 186 g/mol. The number of aryl methyl sites for hydroxylation is 2. The number of rotatable bonds is 5. The molecule has 0 aliphatic heterocycles. The molecule has 1 aromatic heterocycles. The molecule has 15 heavy (non-hydrogen) atoms. The number of hydrogen-bond donors (Lipinski definition) is 1. The lowest BCUT2D eigenvalue weighted by molar-refractivity contribution is 0.392. The van der Waals surface area contributed by atoms with Crippen LogP contribution >= 0.6 is 0 Å². The van der Waals surface area contributed by atoms with E-state index < -0.39 is 0 Å². The van der Waals surface area contributed by atoms with E-state index in [9.17, 15) is 0 Å². The summed E-state index contributed by atoms with van der Waals surface area (Å²) in [6, 6.07) is 2.60. The average molecular weight is 209 g/mol. The van der Waals surface area contributed by atoms with E-state index in [1.54, 1.807) is 0 Å². The van der Waals surface area contributed by atoms with Crippen LogP contribution in [0.3, 0.4) is 0 Å². The maximum absolute atomic E-state index is 4.49. The van der Waals surface area contributed by atoms with Gasteiger partial charge in [0.25, 0.3) is 0 Å². The number of hydrogen-bond acceptors (Lipinski definition) is 2. The molecule has 0 aliphatic carbocycles. The molecular formula is C12H23N3. The van der Waals surface area contributed by atoms with Crippen molar-refractivity contribution in [3.8, 4) is 0 Å². The van der Waals surface area contributed by atoms with Gasteiger partial charge in [0.1, 0.15) is 0 Å². The van der Waals surface area contributed by atoms with Crippen LogP contribution in [0.15, 0.2) is 6.07 Å². The Kier molecular flexibility index (Phi) is 4.33. The van der Waals surface area contributed by atoms with Crippen LogP contribution in [-0.4, -0.2) is 16.3 Å². The number of aromatic nitrogens is 2. The fourth-order valence-corrected chi connectivity index (χ4v) is 1.97. The molecule has 0 fully saturated rings. The lowest BCUT2D eigenvalue weighted by atomic mass is 10.0. The van der Waals surface area contributed by atoms with Crippen molar-refractivity contribution in [2.24, 2.45) is 5.92 Å². The van der Waals surface area contributed by atoms with Crippen LogP contribution in [0.5, 0.6) is 0 Å². The van der Waals surface area contributed by atoms with Gasteiger partial charge in [-0.2, -0.15) is 5.10 Å². The molecule has 0 spiro atoms. The van der Waals surface area contributed by atoms with Gasteiger partial charge in [-0.05, 0) is 32.4 Å². The minimum Gasteiger partial charge on any atom is -0.309 e. The van der Waals surface area contributed by atoms with Crippen molar-refractivity contribution in [3.05, 3.63) is 17.5 Å². The molecule has 3 heteroatoms. The Morgan fingerprint density at radius 2 is 2.07 bits per heavy atom. The van der Waals surface area contributed by atoms with Crippen LogP contribution < -0.4 is 5.32 Å². The zero-order valence-electron chi connectivity index (χ0n) is 10.5. The van der Waals surface area contributed by atoms with E-state index in [1.807, 2.05) is 0 Å². The van der Waals surface area contributed by atoms with Gasteiger partial charge in [0.05, 0.1) is 17.4 Å². The Morgan fingerprint density at radius 3 is 2.53 bits per heavy atom. The third kappa shape index (κ3) is 2.81. The molecule has 0 aromatic carbocycles. The van der Waals surface area contributed by atoms with E-state index in [-0.39, 0.29) is 0 Å². The largest absolute Gasteiger partial charge is 0.309 e. The second kappa shape index (κ2) is 5.31. The Balaban J connectivity index is 2.98. The Hall–Kier alpha value is -0.830. The van der Waals surface area contributed by atoms with Crippen molar-refractivity contribution in [1.29, 1.82) is 0 Å². The highest BCUT2D eigenvalue weighted by Crippen LogP contribution is 2.22. The first-order valence-corrected chi connectivity index (χ1v) is 5.87. The molecule has 1 rings (SSSR count). The van der Waals surface area contributed by atoms with E-state index in [1.165, 1.54) is 5.69 Å². The SMILES string of the molecule is CCNC(c1cc(C)nn1CC)C(C)C. The third-order valence-electron chi connectivity index (χ3n) is 2.64. The van der Waals surface area contributed by atoms with Crippen LogP contribution in [0, 0.1) is 12.8 Å². The van der Waals surface area contributed by atoms with Gasteiger partial charge >= 0.3 is 0 Å². The van der Waals surface area contributed by atoms with Gasteiger partial charge in [0, 0.05) is 6.54 Å². The summed E-state index contributed by atoms with van der Waals surface area (Å²) < 4.78 is 2.10. The van der Waals surface area contributed by atoms with Crippen LogP contribution in [-0.2, 0) is 6.54 Å². The second-order valence-corrected chi connectivity index (χ2v) is 4.31. The highest BCUT2D eigenvalue weighted by molar-refractivity contribution is 5.14. The van der Waals surface area contributed by atoms with E-state index in [0.29, 0.717) is 12.0 Å². The van der Waals surface area contributed by atoms with E-state index in [4.69, 9.17) is 0 Å². The van der Waals surface area contributed by atoms with Crippen LogP contribution in [0.25, 0.3) is 0 Å². The molecule has 0 amide bonds. The van der Waals surface area contributed by atoms with Crippen LogP contribution in [0.2, 0.25) is 0 Å². The zero-order chi connectivity index (χ0) is 11.4. The van der Waals surface area contributed by atoms with Crippen molar-refractivity contribution in [3.63, 3.8) is 0 Å². The summed E-state index contributed by atoms with van der Waals surface area (Å²) in [5, 5.41) is 8.02. The minimum atomic E-state index is 0.413. The molecule has 1 N–H and O–H groups in total. The summed E-state index contributed by atoms with van der Waals surface area (Å²) in [6.07, 6.45) is 0. The van der Waals surface area contributed by atoms with Crippen LogP contribution in [0.4, 0.5) is 0 Å². The van der Waals surface area contributed by atoms with Gasteiger partial charge in [0.15, 0.2) is 0 Å². The number of nitrogens with one attached hydrogen (secondary N) is 1. The first-order valence-electron chi connectivity index (χ1n) is 5.87. The summed E-state index contributed by atoms with van der Waals surface area (Å²) in [5.41, 5.74) is 2.42. The zero-order valence-corrected chi connectivity index (χ0v) is 10.5. The van der Waals surface area contributed by atoms with E-state index >= 15 is 0 Å². The Morgan fingerprint density at radius 1 is 1.40 bits per heavy atom. The summed E-state index contributed by atoms with van der Waals surface area (Å²) in [5.74, 6) is 0.589. The van der Waals surface area contributed by atoms with Crippen molar-refractivity contribution in [2.75, 3.05) is 6.54 Å². The summed E-state index contributed by atoms with van der Waals surface area (Å²) in [4.78, 5) is 0. The molecule has 1 heterocycles. The van der Waals surface area contributed by atoms with Gasteiger partial charge < -0.3 is 5.32 Å². The summed E-state index contributed by atoms with van der Waals surface area (Å²) in [6.45, 7) is 12.8. The lowest BCUT2D eigenvalue weighted by Crippen LogP contribution is -2.27. The minimum absolute atomic E-state index is 0.413. The highest BCUT2D eigenvalue weighted by atomic mass is 15.3. The van der Waals surface area contributed by atoms with E-state index in [2.05, 4.69) is 55.8 Å². The monoisotopic (exact) mass is 209 g/mol. The summed E-state index contributed by atoms with van der Waals surface area (Å²) in [7, 11) is 0. The number of nitrogens with zero attached hydrogens (tertiary/aromatic N) is 2. The molecule has 86 valence electrons. The standard InChI is InChI=1S/C12H23N3/c1-6-13-12(9(3)4)11-8-10(5)14-15(11)7-2/h8-9,12-13H,6-7H2,1-5H3. The van der Waals surface area contributed by atoms with Gasteiger partial charge in [-0.25, -0.2) is 0 Å². The maximum Gasteiger partial charge on any atom is 0.0597 e. The predicted molar refractivity (Wildman–Crippen MR) is 63.9 cm³/mol. The maximum atomic E-state index is 4.49. The first-order chi connectivity index (χ1) is 7.10. The second-order valence-electron chi connectivity index (χ2n) is 4.31. The molecule has 3 nitrogen and oxygen atoms in total. The van der Waals surface area contributed by atoms with Crippen LogP contribution in [0.1, 0.15) is 45.1 Å². The molecule has 0 saturated heterocycles. The quantitative estimate of drug-likeness (QED) is 0.807. The molecule has 0 bridgehead atoms. The van der Waals surface area contributed by atoms with Crippen molar-refractivity contribution in [1.82, 2.24) is 15.1 Å². The molecule has 1 atom stereocenters. The van der Waals surface area contributed by atoms with E-state index in [0.717, 1.165) is 18.8 Å². The molecule has 0 saturated carbocycles. The fourth-order valence-electron chi connectivity index (χ4n) is 1.97. The summed E-state index contributed by atoms with van der Waals surface area (Å²) >= 11 is 0. The lowest BCUT2D eigenvalue weighted by Gasteiger charge is -2.22. The van der Waals surface area contributed by atoms with Gasteiger partial charge in [-0.1, -0.05) is 20.8 Å². The normalized spacial score (nSPS) is 13.5. The molecule has 1 unspecified atom stereocenters. The smallest absolute Gasteiger partial charge is 0.0597 e.